The first-order valence-electron chi connectivity index (χ1n) is 4.51. The molecular formula is C8H11N7. The Kier molecular flexibility index (Phi) is 2.72. The predicted octanol–water partition coefficient (Wildman–Crippen LogP) is -0.238. The molecule has 0 amide bonds. The smallest absolute Gasteiger partial charge is 0.168 e. The van der Waals surface area contributed by atoms with E-state index in [1.54, 1.807) is 29.5 Å². The Morgan fingerprint density at radius 3 is 2.87 bits per heavy atom. The lowest BCUT2D eigenvalue weighted by atomic mass is 10.5. The summed E-state index contributed by atoms with van der Waals surface area (Å²) in [5.74, 6) is 0.994. The Morgan fingerprint density at radius 2 is 2.13 bits per heavy atom. The lowest BCUT2D eigenvalue weighted by molar-refractivity contribution is 0.608. The fourth-order valence-corrected chi connectivity index (χ4v) is 1.13. The summed E-state index contributed by atoms with van der Waals surface area (Å²) >= 11 is 0. The zero-order valence-corrected chi connectivity index (χ0v) is 8.04. The molecule has 2 aromatic rings. The van der Waals surface area contributed by atoms with Crippen LogP contribution in [0.4, 0.5) is 11.6 Å². The van der Waals surface area contributed by atoms with Gasteiger partial charge in [-0.05, 0) is 0 Å². The summed E-state index contributed by atoms with van der Waals surface area (Å²) in [6.07, 6.45) is 6.57. The van der Waals surface area contributed by atoms with Gasteiger partial charge in [0.05, 0.1) is 12.7 Å². The molecule has 0 saturated carbocycles. The van der Waals surface area contributed by atoms with Crippen LogP contribution in [-0.2, 0) is 6.54 Å². The minimum Gasteiger partial charge on any atom is -0.381 e. The number of hydrogen-bond acceptors (Lipinski definition) is 6. The van der Waals surface area contributed by atoms with Crippen LogP contribution in [0, 0.1) is 0 Å². The molecule has 3 N–H and O–H groups in total. The lowest BCUT2D eigenvalue weighted by Crippen LogP contribution is -2.13. The van der Waals surface area contributed by atoms with E-state index in [-0.39, 0.29) is 0 Å². The lowest BCUT2D eigenvalue weighted by Gasteiger charge is -2.06. The molecule has 0 aliphatic carbocycles. The molecule has 0 aliphatic rings. The predicted molar refractivity (Wildman–Crippen MR) is 55.0 cm³/mol. The van der Waals surface area contributed by atoms with Crippen molar-refractivity contribution in [3.05, 3.63) is 24.8 Å². The minimum atomic E-state index is 0.399. The topological polar surface area (TPSA) is 94.5 Å². The van der Waals surface area contributed by atoms with Gasteiger partial charge in [0, 0.05) is 25.1 Å². The van der Waals surface area contributed by atoms with Crippen LogP contribution in [-0.4, -0.2) is 31.5 Å². The number of nitrogens with two attached hydrogens (primary N) is 1. The molecule has 0 fully saturated rings. The molecule has 15 heavy (non-hydrogen) atoms. The summed E-state index contributed by atoms with van der Waals surface area (Å²) in [7, 11) is 0. The van der Waals surface area contributed by atoms with E-state index >= 15 is 0 Å². The van der Waals surface area contributed by atoms with Crippen LogP contribution in [0.1, 0.15) is 0 Å². The van der Waals surface area contributed by atoms with Crippen molar-refractivity contribution in [1.82, 2.24) is 25.0 Å². The molecule has 7 nitrogen and oxygen atoms in total. The molecule has 2 heterocycles. The number of anilines is 2. The van der Waals surface area contributed by atoms with Gasteiger partial charge in [-0.15, -0.1) is 5.10 Å². The number of aromatic nitrogens is 5. The molecule has 0 aromatic carbocycles. The van der Waals surface area contributed by atoms with Crippen LogP contribution in [0.15, 0.2) is 24.8 Å². The summed E-state index contributed by atoms with van der Waals surface area (Å²) in [5.41, 5.74) is 5.61. The third-order valence-electron chi connectivity index (χ3n) is 1.83. The van der Waals surface area contributed by atoms with Crippen molar-refractivity contribution < 1.29 is 0 Å². The second-order valence-corrected chi connectivity index (χ2v) is 2.88. The number of nitrogen functional groups attached to an aromatic ring is 1. The Morgan fingerprint density at radius 1 is 1.27 bits per heavy atom. The Balaban J connectivity index is 1.86. The average Bonchev–Trinajstić information content (AvgIpc) is 2.74. The second-order valence-electron chi connectivity index (χ2n) is 2.88. The fourth-order valence-electron chi connectivity index (χ4n) is 1.13. The minimum absolute atomic E-state index is 0.399. The summed E-state index contributed by atoms with van der Waals surface area (Å²) < 4.78 is 1.72. The van der Waals surface area contributed by atoms with Crippen LogP contribution in [0.25, 0.3) is 0 Å². The Labute approximate surface area is 86.3 Å². The molecule has 7 heteroatoms. The largest absolute Gasteiger partial charge is 0.381 e. The van der Waals surface area contributed by atoms with Crippen molar-refractivity contribution in [2.24, 2.45) is 0 Å². The molecule has 0 atom stereocenters. The highest BCUT2D eigenvalue weighted by atomic mass is 15.4. The van der Waals surface area contributed by atoms with E-state index in [1.807, 2.05) is 0 Å². The summed E-state index contributed by atoms with van der Waals surface area (Å²) in [4.78, 5) is 7.97. The SMILES string of the molecule is Nc1nccnc1NCCn1ccnn1. The Hall–Kier alpha value is -2.18. The normalized spacial score (nSPS) is 10.1. The van der Waals surface area contributed by atoms with Crippen molar-refractivity contribution in [1.29, 1.82) is 0 Å². The zero-order chi connectivity index (χ0) is 10.5. The van der Waals surface area contributed by atoms with Gasteiger partial charge in [0.25, 0.3) is 0 Å². The molecule has 0 saturated heterocycles. The second kappa shape index (κ2) is 4.36. The van der Waals surface area contributed by atoms with Gasteiger partial charge < -0.3 is 11.1 Å². The van der Waals surface area contributed by atoms with E-state index in [0.29, 0.717) is 24.7 Å². The van der Waals surface area contributed by atoms with Crippen molar-refractivity contribution >= 4 is 11.6 Å². The fraction of sp³-hybridized carbons (Fsp3) is 0.250. The van der Waals surface area contributed by atoms with Gasteiger partial charge in [0.2, 0.25) is 0 Å². The van der Waals surface area contributed by atoms with E-state index in [2.05, 4.69) is 25.6 Å². The maximum absolute atomic E-state index is 5.61. The van der Waals surface area contributed by atoms with Gasteiger partial charge in [-0.1, -0.05) is 5.21 Å². The number of nitrogens with zero attached hydrogens (tertiary/aromatic N) is 5. The van der Waals surface area contributed by atoms with Gasteiger partial charge in [-0.3, -0.25) is 4.68 Å². The van der Waals surface area contributed by atoms with E-state index in [9.17, 15) is 0 Å². The molecule has 78 valence electrons. The Bertz CT molecular complexity index is 411. The third-order valence-corrected chi connectivity index (χ3v) is 1.83. The van der Waals surface area contributed by atoms with Crippen molar-refractivity contribution in [2.45, 2.75) is 6.54 Å². The molecule has 0 radical (unpaired) electrons. The highest BCUT2D eigenvalue weighted by molar-refractivity contribution is 5.54. The van der Waals surface area contributed by atoms with Crippen LogP contribution in [0.5, 0.6) is 0 Å². The van der Waals surface area contributed by atoms with Gasteiger partial charge in [-0.2, -0.15) is 0 Å². The number of hydrogen-bond donors (Lipinski definition) is 2. The highest BCUT2D eigenvalue weighted by Crippen LogP contribution is 2.08. The number of rotatable bonds is 4. The van der Waals surface area contributed by atoms with Crippen LogP contribution < -0.4 is 11.1 Å². The van der Waals surface area contributed by atoms with Crippen molar-refractivity contribution in [3.63, 3.8) is 0 Å². The summed E-state index contributed by atoms with van der Waals surface area (Å²) in [6.45, 7) is 1.38. The molecule has 0 spiro atoms. The van der Waals surface area contributed by atoms with E-state index in [1.165, 1.54) is 0 Å². The highest BCUT2D eigenvalue weighted by Gasteiger charge is 1.99. The van der Waals surface area contributed by atoms with Crippen LogP contribution >= 0.6 is 0 Å². The van der Waals surface area contributed by atoms with E-state index < -0.39 is 0 Å². The zero-order valence-electron chi connectivity index (χ0n) is 8.04. The molecule has 0 aliphatic heterocycles. The van der Waals surface area contributed by atoms with Crippen molar-refractivity contribution in [2.75, 3.05) is 17.6 Å². The first-order chi connectivity index (χ1) is 7.36. The average molecular weight is 205 g/mol. The van der Waals surface area contributed by atoms with Crippen LogP contribution in [0.2, 0.25) is 0 Å². The standard InChI is InChI=1S/C8H11N7/c9-7-8(11-2-1-10-7)12-3-5-15-6-4-13-14-15/h1-2,4,6H,3,5H2,(H2,9,10)(H,11,12). The van der Waals surface area contributed by atoms with Crippen LogP contribution in [0.3, 0.4) is 0 Å². The first kappa shape index (κ1) is 9.38. The quantitative estimate of drug-likeness (QED) is 0.715. The van der Waals surface area contributed by atoms with E-state index in [0.717, 1.165) is 0 Å². The third kappa shape index (κ3) is 2.39. The van der Waals surface area contributed by atoms with Gasteiger partial charge in [-0.25, -0.2) is 9.97 Å². The molecule has 0 unspecified atom stereocenters. The molecule has 2 rings (SSSR count). The molecule has 0 bridgehead atoms. The van der Waals surface area contributed by atoms with Gasteiger partial charge >= 0.3 is 0 Å². The molecule has 2 aromatic heterocycles. The van der Waals surface area contributed by atoms with E-state index in [4.69, 9.17) is 5.73 Å². The maximum Gasteiger partial charge on any atom is 0.168 e. The monoisotopic (exact) mass is 205 g/mol. The summed E-state index contributed by atoms with van der Waals surface area (Å²) in [6, 6.07) is 0. The summed E-state index contributed by atoms with van der Waals surface area (Å²) in [5, 5.41) is 10.6. The first-order valence-corrected chi connectivity index (χ1v) is 4.51. The van der Waals surface area contributed by atoms with Gasteiger partial charge in [0.1, 0.15) is 0 Å². The molecular weight excluding hydrogens is 194 g/mol. The number of nitrogens with one attached hydrogen (secondary N) is 1. The maximum atomic E-state index is 5.61. The van der Waals surface area contributed by atoms with Crippen molar-refractivity contribution in [3.8, 4) is 0 Å². The van der Waals surface area contributed by atoms with Gasteiger partial charge in [0.15, 0.2) is 11.6 Å².